The lowest BCUT2D eigenvalue weighted by Crippen LogP contribution is -2.59. The van der Waals surface area contributed by atoms with Gasteiger partial charge in [-0.2, -0.15) is 0 Å². The first-order valence-electron chi connectivity index (χ1n) is 10.2. The van der Waals surface area contributed by atoms with Crippen molar-refractivity contribution in [2.24, 2.45) is 0 Å². The lowest BCUT2D eigenvalue weighted by atomic mass is 9.79. The third kappa shape index (κ3) is 5.26. The second-order valence-corrected chi connectivity index (χ2v) is 7.58. The predicted octanol–water partition coefficient (Wildman–Crippen LogP) is 2.87. The quantitative estimate of drug-likeness (QED) is 0.728. The highest BCUT2D eigenvalue weighted by Gasteiger charge is 2.38. The molecule has 154 valence electrons. The molecule has 3 rings (SSSR count). The molecule has 1 saturated heterocycles. The van der Waals surface area contributed by atoms with Crippen LogP contribution in [0.25, 0.3) is 6.08 Å². The normalized spacial score (nSPS) is 20.1. The number of hydrogen-bond donors (Lipinski definition) is 1. The van der Waals surface area contributed by atoms with Gasteiger partial charge in [0.05, 0.1) is 27.4 Å². The molecule has 6 nitrogen and oxygen atoms in total. The van der Waals surface area contributed by atoms with Gasteiger partial charge in [-0.1, -0.05) is 19.3 Å². The van der Waals surface area contributed by atoms with Crippen LogP contribution < -0.4 is 14.8 Å². The minimum Gasteiger partial charge on any atom is -0.497 e. The highest BCUT2D eigenvalue weighted by molar-refractivity contribution is 5.91. The number of carbonyl (C=O) groups is 1. The Labute approximate surface area is 167 Å². The van der Waals surface area contributed by atoms with Crippen molar-refractivity contribution in [2.45, 2.75) is 37.6 Å². The highest BCUT2D eigenvalue weighted by atomic mass is 16.5. The fourth-order valence-electron chi connectivity index (χ4n) is 4.26. The minimum atomic E-state index is -0.0694. The molecule has 28 heavy (non-hydrogen) atoms. The van der Waals surface area contributed by atoms with Crippen LogP contribution in [0.4, 0.5) is 0 Å². The summed E-state index contributed by atoms with van der Waals surface area (Å²) in [5, 5.41) is 3.15. The molecule has 0 bridgehead atoms. The molecule has 1 aromatic rings. The summed E-state index contributed by atoms with van der Waals surface area (Å²) in [5.41, 5.74) is 0.942. The molecule has 1 saturated carbocycles. The summed E-state index contributed by atoms with van der Waals surface area (Å²) in [7, 11) is 3.23. The van der Waals surface area contributed by atoms with Crippen LogP contribution in [0.1, 0.15) is 37.7 Å². The first-order valence-corrected chi connectivity index (χ1v) is 10.2. The van der Waals surface area contributed by atoms with E-state index in [2.05, 4.69) is 10.2 Å². The van der Waals surface area contributed by atoms with Crippen molar-refractivity contribution in [3.8, 4) is 11.5 Å². The van der Waals surface area contributed by atoms with Crippen molar-refractivity contribution in [1.29, 1.82) is 0 Å². The Morgan fingerprint density at radius 2 is 1.75 bits per heavy atom. The maximum absolute atomic E-state index is 12.5. The number of methoxy groups -OCH3 is 2. The SMILES string of the molecule is COc1cc(/C=C/C(=O)NCC2(N3CCOCC3)CCCCC2)cc(OC)c1. The molecule has 1 N–H and O–H groups in total. The van der Waals surface area contributed by atoms with Crippen molar-refractivity contribution in [3.05, 3.63) is 29.8 Å². The van der Waals surface area contributed by atoms with Crippen molar-refractivity contribution in [1.82, 2.24) is 10.2 Å². The van der Waals surface area contributed by atoms with E-state index < -0.39 is 0 Å². The molecule has 0 radical (unpaired) electrons. The molecule has 6 heteroatoms. The number of nitrogens with one attached hydrogen (secondary N) is 1. The Kier molecular flexibility index (Phi) is 7.34. The zero-order valence-corrected chi connectivity index (χ0v) is 17.0. The molecule has 0 aromatic heterocycles. The van der Waals surface area contributed by atoms with Gasteiger partial charge >= 0.3 is 0 Å². The number of ether oxygens (including phenoxy) is 3. The topological polar surface area (TPSA) is 60.0 Å². The van der Waals surface area contributed by atoms with Crippen molar-refractivity contribution in [2.75, 3.05) is 47.1 Å². The molecule has 0 atom stereocenters. The fraction of sp³-hybridized carbons (Fsp3) is 0.591. The van der Waals surface area contributed by atoms with Gasteiger partial charge < -0.3 is 19.5 Å². The van der Waals surface area contributed by atoms with Crippen LogP contribution in [0.3, 0.4) is 0 Å². The van der Waals surface area contributed by atoms with Crippen LogP contribution in [0.2, 0.25) is 0 Å². The summed E-state index contributed by atoms with van der Waals surface area (Å²) in [5.74, 6) is 1.33. The molecule has 2 fully saturated rings. The maximum atomic E-state index is 12.5. The van der Waals surface area contributed by atoms with E-state index in [-0.39, 0.29) is 11.4 Å². The van der Waals surface area contributed by atoms with Gasteiger partial charge in [-0.25, -0.2) is 0 Å². The van der Waals surface area contributed by atoms with Gasteiger partial charge in [0.15, 0.2) is 0 Å². The van der Waals surface area contributed by atoms with Gasteiger partial charge in [-0.15, -0.1) is 0 Å². The average molecular weight is 389 g/mol. The molecular formula is C22H32N2O4. The van der Waals surface area contributed by atoms with E-state index >= 15 is 0 Å². The van der Waals surface area contributed by atoms with E-state index in [4.69, 9.17) is 14.2 Å². The van der Waals surface area contributed by atoms with Crippen LogP contribution in [-0.2, 0) is 9.53 Å². The van der Waals surface area contributed by atoms with Crippen molar-refractivity contribution >= 4 is 12.0 Å². The van der Waals surface area contributed by atoms with E-state index in [0.29, 0.717) is 18.0 Å². The molecular weight excluding hydrogens is 356 g/mol. The number of amides is 1. The second kappa shape index (κ2) is 9.94. The Bertz CT molecular complexity index is 655. The largest absolute Gasteiger partial charge is 0.497 e. The lowest BCUT2D eigenvalue weighted by molar-refractivity contribution is -0.117. The Morgan fingerprint density at radius 3 is 2.36 bits per heavy atom. The standard InChI is InChI=1S/C22H32N2O4/c1-26-19-14-18(15-20(16-19)27-2)6-7-21(25)23-17-22(8-4-3-5-9-22)24-10-12-28-13-11-24/h6-7,14-16H,3-5,8-13,17H2,1-2H3,(H,23,25)/b7-6+. The van der Waals surface area contributed by atoms with Gasteiger partial charge in [0.25, 0.3) is 0 Å². The summed E-state index contributed by atoms with van der Waals surface area (Å²) in [6.07, 6.45) is 9.41. The van der Waals surface area contributed by atoms with Crippen LogP contribution in [0, 0.1) is 0 Å². The van der Waals surface area contributed by atoms with E-state index in [1.165, 1.54) is 19.3 Å². The molecule has 1 aromatic carbocycles. The lowest BCUT2D eigenvalue weighted by Gasteiger charge is -2.48. The van der Waals surface area contributed by atoms with Gasteiger partial charge in [0.1, 0.15) is 11.5 Å². The summed E-state index contributed by atoms with van der Waals surface area (Å²) in [6, 6.07) is 5.57. The third-order valence-corrected chi connectivity index (χ3v) is 5.86. The van der Waals surface area contributed by atoms with Gasteiger partial charge in [0.2, 0.25) is 5.91 Å². The second-order valence-electron chi connectivity index (χ2n) is 7.58. The molecule has 2 aliphatic rings. The number of rotatable bonds is 7. The zero-order valence-electron chi connectivity index (χ0n) is 17.0. The van der Waals surface area contributed by atoms with Gasteiger partial charge in [0, 0.05) is 37.3 Å². The Morgan fingerprint density at radius 1 is 1.11 bits per heavy atom. The molecule has 0 spiro atoms. The monoisotopic (exact) mass is 388 g/mol. The molecule has 1 amide bonds. The number of morpholine rings is 1. The zero-order chi connectivity index (χ0) is 19.8. The summed E-state index contributed by atoms with van der Waals surface area (Å²) < 4.78 is 16.1. The first-order chi connectivity index (χ1) is 13.6. The van der Waals surface area contributed by atoms with E-state index in [1.54, 1.807) is 26.4 Å². The Balaban J connectivity index is 1.62. The smallest absolute Gasteiger partial charge is 0.244 e. The van der Waals surface area contributed by atoms with E-state index in [9.17, 15) is 4.79 Å². The number of nitrogens with zero attached hydrogens (tertiary/aromatic N) is 1. The van der Waals surface area contributed by atoms with Gasteiger partial charge in [-0.05, 0) is 36.6 Å². The number of carbonyl (C=O) groups excluding carboxylic acids is 1. The minimum absolute atomic E-state index is 0.0694. The number of benzene rings is 1. The van der Waals surface area contributed by atoms with Crippen LogP contribution in [0.5, 0.6) is 11.5 Å². The average Bonchev–Trinajstić information content (AvgIpc) is 2.77. The van der Waals surface area contributed by atoms with Crippen LogP contribution >= 0.6 is 0 Å². The highest BCUT2D eigenvalue weighted by Crippen LogP contribution is 2.34. The van der Waals surface area contributed by atoms with Crippen LogP contribution in [-0.4, -0.2) is 63.4 Å². The summed E-state index contributed by atoms with van der Waals surface area (Å²) in [4.78, 5) is 15.0. The first kappa shape index (κ1) is 20.7. The molecule has 1 heterocycles. The summed E-state index contributed by atoms with van der Waals surface area (Å²) in [6.45, 7) is 4.17. The van der Waals surface area contributed by atoms with Gasteiger partial charge in [-0.3, -0.25) is 9.69 Å². The van der Waals surface area contributed by atoms with Crippen LogP contribution in [0.15, 0.2) is 24.3 Å². The molecule has 0 unspecified atom stereocenters. The third-order valence-electron chi connectivity index (χ3n) is 5.86. The molecule has 1 aliphatic heterocycles. The van der Waals surface area contributed by atoms with Crippen molar-refractivity contribution in [3.63, 3.8) is 0 Å². The number of hydrogen-bond acceptors (Lipinski definition) is 5. The maximum Gasteiger partial charge on any atom is 0.244 e. The fourth-order valence-corrected chi connectivity index (χ4v) is 4.26. The molecule has 1 aliphatic carbocycles. The van der Waals surface area contributed by atoms with E-state index in [0.717, 1.165) is 44.7 Å². The van der Waals surface area contributed by atoms with E-state index in [1.807, 2.05) is 18.2 Å². The summed E-state index contributed by atoms with van der Waals surface area (Å²) >= 11 is 0. The predicted molar refractivity (Wildman–Crippen MR) is 110 cm³/mol. The Hall–Kier alpha value is -2.05. The van der Waals surface area contributed by atoms with Crippen molar-refractivity contribution < 1.29 is 19.0 Å².